The van der Waals surface area contributed by atoms with Gasteiger partial charge in [-0.15, -0.1) is 23.7 Å². The van der Waals surface area contributed by atoms with Crippen LogP contribution in [-0.2, 0) is 70.5 Å². The summed E-state index contributed by atoms with van der Waals surface area (Å²) < 4.78 is 11.4. The second-order valence-electron chi connectivity index (χ2n) is 25.5. The summed E-state index contributed by atoms with van der Waals surface area (Å²) in [5.74, 6) is -6.98. The second kappa shape index (κ2) is 39.3. The number of hydrogen-bond donors (Lipinski definition) is 11. The highest BCUT2D eigenvalue weighted by molar-refractivity contribution is 7.10. The summed E-state index contributed by atoms with van der Waals surface area (Å²) in [6.45, 7) is 15.9. The number of nitrogens with one attached hydrogen (secondary N) is 7. The van der Waals surface area contributed by atoms with Crippen molar-refractivity contribution in [3.63, 3.8) is 0 Å². The number of amides is 9. The minimum Gasteiger partial charge on any atom is -0.481 e. The highest BCUT2D eigenvalue weighted by Gasteiger charge is 2.42. The van der Waals surface area contributed by atoms with Gasteiger partial charge in [-0.1, -0.05) is 72.2 Å². The lowest BCUT2D eigenvalue weighted by Gasteiger charge is -2.38. The molecule has 96 heavy (non-hydrogen) atoms. The van der Waals surface area contributed by atoms with E-state index in [-0.39, 0.29) is 93.5 Å². The molecular weight excluding hydrogens is 1260 g/mol. The number of nitrogens with two attached hydrogens (primary N) is 2. The number of rotatable bonds is 39. The van der Waals surface area contributed by atoms with Crippen LogP contribution in [0.2, 0.25) is 0 Å². The first-order valence-electron chi connectivity index (χ1n) is 32.4. The summed E-state index contributed by atoms with van der Waals surface area (Å²) in [4.78, 5) is 157. The van der Waals surface area contributed by atoms with Gasteiger partial charge < -0.3 is 63.1 Å². The monoisotopic (exact) mass is 1360 g/mol. The Morgan fingerprint density at radius 2 is 1.49 bits per heavy atom. The first-order chi connectivity index (χ1) is 45.3. The number of unbranched alkanes of at least 4 members (excludes halogenated alkanes) is 1. The van der Waals surface area contributed by atoms with Gasteiger partial charge in [-0.3, -0.25) is 58.2 Å². The summed E-state index contributed by atoms with van der Waals surface area (Å²) in [5.41, 5.74) is 11.5. The maximum Gasteiger partial charge on any atom is 0.411 e. The summed E-state index contributed by atoms with van der Waals surface area (Å²) >= 11 is 1.10. The highest BCUT2D eigenvalue weighted by atomic mass is 32.1. The fourth-order valence-corrected chi connectivity index (χ4v) is 11.4. The quantitative estimate of drug-likeness (QED) is 0.00918. The van der Waals surface area contributed by atoms with Gasteiger partial charge in [0.05, 0.1) is 30.3 Å². The molecule has 0 aliphatic carbocycles. The molecule has 1 fully saturated rings. The van der Waals surface area contributed by atoms with Crippen LogP contribution in [-0.4, -0.2) is 148 Å². The molecule has 9 amide bonds. The predicted molar refractivity (Wildman–Crippen MR) is 360 cm³/mol. The van der Waals surface area contributed by atoms with E-state index in [4.69, 9.17) is 42.3 Å². The average Bonchev–Trinajstić information content (AvgIpc) is 1.30. The number of carboxylic acids is 2. The van der Waals surface area contributed by atoms with Gasteiger partial charge in [0.15, 0.2) is 6.10 Å². The molecule has 9 atom stereocenters. The molecule has 0 unspecified atom stereocenters. The number of terminal acetylenes is 1. The number of urea groups is 1. The average molecular weight is 1360 g/mol. The van der Waals surface area contributed by atoms with Crippen LogP contribution < -0.4 is 48.7 Å². The molecule has 0 saturated carbocycles. The number of likely N-dealkylation sites (tertiary alicyclic amines) is 1. The summed E-state index contributed by atoms with van der Waals surface area (Å²) in [7, 11) is 1.94. The van der Waals surface area contributed by atoms with Crippen molar-refractivity contribution in [3.8, 4) is 12.3 Å². The van der Waals surface area contributed by atoms with E-state index in [1.165, 1.54) is 25.8 Å². The number of carbonyl (C=O) groups excluding carboxylic acids is 9. The van der Waals surface area contributed by atoms with Gasteiger partial charge in [0.25, 0.3) is 5.91 Å². The van der Waals surface area contributed by atoms with Gasteiger partial charge in [-0.2, -0.15) is 0 Å². The van der Waals surface area contributed by atoms with Gasteiger partial charge in [0.1, 0.15) is 35.4 Å². The molecule has 29 heteroatoms. The van der Waals surface area contributed by atoms with Crippen LogP contribution in [0.3, 0.4) is 0 Å². The molecule has 1 aliphatic heterocycles. The van der Waals surface area contributed by atoms with E-state index >= 15 is 0 Å². The molecule has 1 saturated heterocycles. The van der Waals surface area contributed by atoms with Gasteiger partial charge in [-0.25, -0.2) is 19.6 Å². The predicted octanol–water partition coefficient (Wildman–Crippen LogP) is 6.81. The lowest BCUT2D eigenvalue weighted by Crippen LogP contribution is -2.56. The molecule has 0 bridgehead atoms. The molecule has 13 N–H and O–H groups in total. The van der Waals surface area contributed by atoms with E-state index in [1.807, 2.05) is 34.7 Å². The van der Waals surface area contributed by atoms with Crippen molar-refractivity contribution in [3.05, 3.63) is 70.0 Å². The van der Waals surface area contributed by atoms with Crippen molar-refractivity contribution >= 4 is 94.0 Å². The van der Waals surface area contributed by atoms with Gasteiger partial charge >= 0.3 is 30.0 Å². The van der Waals surface area contributed by atoms with Crippen molar-refractivity contribution < 1.29 is 77.3 Å². The topological polar surface area (TPSA) is 412 Å². The lowest BCUT2D eigenvalue weighted by molar-refractivity contribution is -0.215. The third-order valence-corrected chi connectivity index (χ3v) is 17.4. The van der Waals surface area contributed by atoms with Gasteiger partial charge in [0, 0.05) is 55.4 Å². The SMILES string of the molecule is C#CCCCON(C(=O)[C@H](C(=O)N[C@H]1CCCCN1C)[C@@H](C)CC)[C@H](C[C@@H](OC(C)=O)c1nc(NC(=O)[C@@H](Cc2ccc(NC(=O)OCc3ccc(NC(=O)[C@H](CCCNC(N)=O)NC(=O)[C@@H](NC(=O)[C@@H](N)CCC(=O)O)C(C)C)cc3)cc2)CC(C)(C)C(=O)O)cs1)C(C)C. The Balaban J connectivity index is 1.45. The molecular formula is C67H98N12O16S. The highest BCUT2D eigenvalue weighted by Crippen LogP contribution is 2.35. The Hall–Kier alpha value is -8.72. The van der Waals surface area contributed by atoms with Crippen molar-refractivity contribution in [2.45, 2.75) is 189 Å². The van der Waals surface area contributed by atoms with Crippen molar-refractivity contribution in [1.29, 1.82) is 0 Å². The third-order valence-electron chi connectivity index (χ3n) is 16.5. The van der Waals surface area contributed by atoms with Crippen LogP contribution in [0, 0.1) is 47.3 Å². The van der Waals surface area contributed by atoms with E-state index < -0.39 is 119 Å². The Labute approximate surface area is 565 Å². The van der Waals surface area contributed by atoms with Gasteiger partial charge in [0.2, 0.25) is 29.5 Å². The maximum atomic E-state index is 14.9. The standard InChI is InChI=1S/C67H98N12O16S/c1-12-14-17-33-94-79(63(88)55(41(7)13-2)60(86)76-53-20-15-16-32-78(53)11)50(39(3)4)35-51(95-42(8)80)62-75-52(38-96-62)74-57(83)45(36-67(9,10)64(89)90)34-43-21-25-47(26-22-43)72-66(92)93-37-44-23-27-46(28-24-44)71-59(85)49(19-18-31-70-65(69)91)73-61(87)56(40(5)6)77-58(84)48(68)29-30-54(81)82/h1,21-28,38-41,45,48-51,53,55-56H,13-20,29-37,68H2,2-11H3,(H,71,85)(H,72,92)(H,73,87)(H,74,83)(H,76,86)(H,77,84)(H,81,82)(H,89,90)(H3,69,70,91)/t41-,45-,48-,49-,50+,51+,53+,55-,56-/m0/s1. The van der Waals surface area contributed by atoms with Crippen LogP contribution in [0.25, 0.3) is 0 Å². The smallest absolute Gasteiger partial charge is 0.411 e. The number of carbonyl (C=O) groups is 11. The number of nitrogens with zero attached hydrogens (tertiary/aromatic N) is 3. The Morgan fingerprint density at radius 1 is 0.833 bits per heavy atom. The number of piperidine rings is 1. The minimum atomic E-state index is -1.35. The Bertz CT molecular complexity index is 3150. The van der Waals surface area contributed by atoms with Crippen LogP contribution in [0.4, 0.5) is 26.8 Å². The van der Waals surface area contributed by atoms with E-state index in [9.17, 15) is 57.8 Å². The van der Waals surface area contributed by atoms with Crippen molar-refractivity contribution in [2.75, 3.05) is 42.7 Å². The molecule has 0 radical (unpaired) electrons. The first-order valence-corrected chi connectivity index (χ1v) is 33.3. The molecule has 2 heterocycles. The maximum absolute atomic E-state index is 14.9. The number of aliphatic carboxylic acids is 2. The molecule has 28 nitrogen and oxygen atoms in total. The normalized spacial score (nSPS) is 15.7. The number of carboxylic acid groups (broad SMARTS) is 2. The summed E-state index contributed by atoms with van der Waals surface area (Å²) in [6.07, 6.45) is 7.17. The van der Waals surface area contributed by atoms with Gasteiger partial charge in [-0.05, 0) is 138 Å². The van der Waals surface area contributed by atoms with Crippen LogP contribution >= 0.6 is 11.3 Å². The zero-order valence-electron chi connectivity index (χ0n) is 56.7. The number of thiazole rings is 1. The molecule has 4 rings (SSSR count). The zero-order chi connectivity index (χ0) is 71.4. The summed E-state index contributed by atoms with van der Waals surface area (Å²) in [5, 5.41) is 41.2. The summed E-state index contributed by atoms with van der Waals surface area (Å²) in [6, 6.07) is 7.77. The lowest BCUT2D eigenvalue weighted by atomic mass is 9.80. The van der Waals surface area contributed by atoms with E-state index in [0.29, 0.717) is 41.8 Å². The van der Waals surface area contributed by atoms with Crippen molar-refractivity contribution in [1.82, 2.24) is 36.2 Å². The third kappa shape index (κ3) is 26.5. The molecule has 0 spiro atoms. The first kappa shape index (κ1) is 79.7. The molecule has 3 aromatic rings. The fourth-order valence-electron chi connectivity index (χ4n) is 10.6. The van der Waals surface area contributed by atoms with E-state index in [2.05, 4.69) is 48.0 Å². The minimum absolute atomic E-state index is 0.00430. The number of hydrogen-bond acceptors (Lipinski definition) is 18. The number of esters is 1. The number of anilines is 3. The Kier molecular flexibility index (Phi) is 32.7. The molecule has 1 aliphatic rings. The second-order valence-corrected chi connectivity index (χ2v) is 26.4. The van der Waals surface area contributed by atoms with Crippen LogP contribution in [0.1, 0.15) is 162 Å². The van der Waals surface area contributed by atoms with Crippen LogP contribution in [0.15, 0.2) is 53.9 Å². The van der Waals surface area contributed by atoms with E-state index in [1.54, 1.807) is 67.8 Å². The van der Waals surface area contributed by atoms with Crippen molar-refractivity contribution in [2.24, 2.45) is 46.5 Å². The number of benzene rings is 2. The molecule has 1 aromatic heterocycles. The molecule has 528 valence electrons. The van der Waals surface area contributed by atoms with E-state index in [0.717, 1.165) is 37.1 Å². The number of hydroxylamine groups is 2. The van der Waals surface area contributed by atoms with Crippen LogP contribution in [0.5, 0.6) is 0 Å². The number of primary amides is 1. The Morgan fingerprint density at radius 3 is 2.07 bits per heavy atom. The zero-order valence-corrected chi connectivity index (χ0v) is 57.5. The fraction of sp³-hybridized carbons (Fsp3) is 0.582. The number of aromatic nitrogens is 1. The molecule has 2 aromatic carbocycles. The number of ether oxygens (including phenoxy) is 2. The largest absolute Gasteiger partial charge is 0.481 e.